The summed E-state index contributed by atoms with van der Waals surface area (Å²) in [5.41, 5.74) is 2.37. The zero-order valence-electron chi connectivity index (χ0n) is 10.0. The maximum absolute atomic E-state index is 13.6. The van der Waals surface area contributed by atoms with Gasteiger partial charge >= 0.3 is 0 Å². The third kappa shape index (κ3) is 1.49. The van der Waals surface area contributed by atoms with Crippen LogP contribution in [0.4, 0.5) is 4.39 Å². The summed E-state index contributed by atoms with van der Waals surface area (Å²) < 4.78 is 14.4. The maximum Gasteiger partial charge on any atom is 0.125 e. The highest BCUT2D eigenvalue weighted by molar-refractivity contribution is 9.10. The number of fused-ring (bicyclic) bond motifs is 3. The molecule has 2 bridgehead atoms. The van der Waals surface area contributed by atoms with E-state index < -0.39 is 0 Å². The molecule has 2 saturated carbocycles. The number of aromatic nitrogens is 1. The Balaban J connectivity index is 1.86. The molecule has 0 aliphatic heterocycles. The first kappa shape index (κ1) is 11.0. The lowest BCUT2D eigenvalue weighted by Crippen LogP contribution is -2.07. The molecular formula is C15H15BrFN. The predicted octanol–water partition coefficient (Wildman–Crippen LogP) is 4.97. The summed E-state index contributed by atoms with van der Waals surface area (Å²) >= 11 is 3.44. The van der Waals surface area contributed by atoms with Gasteiger partial charge in [0, 0.05) is 16.1 Å². The first-order valence-corrected chi connectivity index (χ1v) is 7.47. The lowest BCUT2D eigenvalue weighted by atomic mass is 9.83. The van der Waals surface area contributed by atoms with Gasteiger partial charge in [-0.2, -0.15) is 0 Å². The number of hydrogen-bond donors (Lipinski definition) is 1. The van der Waals surface area contributed by atoms with Crippen LogP contribution in [0, 0.1) is 17.7 Å². The van der Waals surface area contributed by atoms with E-state index in [0.717, 1.165) is 27.2 Å². The van der Waals surface area contributed by atoms with Crippen molar-refractivity contribution in [2.75, 3.05) is 0 Å². The molecule has 0 amide bonds. The van der Waals surface area contributed by atoms with E-state index in [4.69, 9.17) is 0 Å². The predicted molar refractivity (Wildman–Crippen MR) is 74.1 cm³/mol. The van der Waals surface area contributed by atoms with E-state index >= 15 is 0 Å². The highest BCUT2D eigenvalue weighted by Gasteiger charge is 2.40. The van der Waals surface area contributed by atoms with Gasteiger partial charge in [0.25, 0.3) is 0 Å². The maximum atomic E-state index is 13.6. The van der Waals surface area contributed by atoms with E-state index in [0.29, 0.717) is 5.92 Å². The zero-order chi connectivity index (χ0) is 12.3. The third-order valence-electron chi connectivity index (χ3n) is 4.88. The minimum atomic E-state index is -0.154. The molecule has 2 fully saturated rings. The molecule has 18 heavy (non-hydrogen) atoms. The van der Waals surface area contributed by atoms with Gasteiger partial charge in [0.1, 0.15) is 5.82 Å². The van der Waals surface area contributed by atoms with Gasteiger partial charge < -0.3 is 4.98 Å². The van der Waals surface area contributed by atoms with Crippen molar-refractivity contribution in [3.8, 4) is 0 Å². The van der Waals surface area contributed by atoms with Crippen LogP contribution in [0.25, 0.3) is 10.9 Å². The molecule has 0 radical (unpaired) electrons. The fourth-order valence-corrected chi connectivity index (χ4v) is 4.65. The minimum Gasteiger partial charge on any atom is -0.360 e. The normalized spacial score (nSPS) is 30.4. The lowest BCUT2D eigenvalue weighted by Gasteiger charge is -2.21. The summed E-state index contributed by atoms with van der Waals surface area (Å²) in [6.07, 6.45) is 7.54. The van der Waals surface area contributed by atoms with Gasteiger partial charge in [0.05, 0.1) is 5.52 Å². The molecule has 4 rings (SSSR count). The minimum absolute atomic E-state index is 0.154. The van der Waals surface area contributed by atoms with E-state index in [1.807, 2.05) is 0 Å². The second-order valence-corrected chi connectivity index (χ2v) is 6.69. The SMILES string of the molecule is Fc1cc(Br)c2[nH]cc(C3CC4CCC3C4)c2c1. The summed E-state index contributed by atoms with van der Waals surface area (Å²) in [5, 5.41) is 1.07. The molecule has 1 N–H and O–H groups in total. The summed E-state index contributed by atoms with van der Waals surface area (Å²) in [5.74, 6) is 2.24. The van der Waals surface area contributed by atoms with Crippen LogP contribution in [-0.4, -0.2) is 4.98 Å². The van der Waals surface area contributed by atoms with Crippen molar-refractivity contribution in [1.82, 2.24) is 4.98 Å². The van der Waals surface area contributed by atoms with E-state index in [1.54, 1.807) is 6.07 Å². The van der Waals surface area contributed by atoms with E-state index in [-0.39, 0.29) is 5.82 Å². The molecule has 94 valence electrons. The Kier molecular flexibility index (Phi) is 2.35. The van der Waals surface area contributed by atoms with Crippen LogP contribution in [0.5, 0.6) is 0 Å². The highest BCUT2D eigenvalue weighted by atomic mass is 79.9. The largest absolute Gasteiger partial charge is 0.360 e. The van der Waals surface area contributed by atoms with Crippen molar-refractivity contribution < 1.29 is 4.39 Å². The second-order valence-electron chi connectivity index (χ2n) is 5.84. The Morgan fingerprint density at radius 3 is 2.83 bits per heavy atom. The molecule has 0 saturated heterocycles. The third-order valence-corrected chi connectivity index (χ3v) is 5.50. The smallest absolute Gasteiger partial charge is 0.125 e. The molecule has 3 atom stereocenters. The number of halogens is 2. The summed E-state index contributed by atoms with van der Waals surface area (Å²) in [6.45, 7) is 0. The Morgan fingerprint density at radius 2 is 2.11 bits per heavy atom. The molecular weight excluding hydrogens is 293 g/mol. The first-order valence-electron chi connectivity index (χ1n) is 6.68. The summed E-state index contributed by atoms with van der Waals surface area (Å²) in [4.78, 5) is 3.31. The van der Waals surface area contributed by atoms with Crippen LogP contribution in [-0.2, 0) is 0 Å². The van der Waals surface area contributed by atoms with Gasteiger partial charge in [-0.1, -0.05) is 6.42 Å². The van der Waals surface area contributed by atoms with Gasteiger partial charge in [-0.15, -0.1) is 0 Å². The van der Waals surface area contributed by atoms with Gasteiger partial charge in [-0.25, -0.2) is 4.39 Å². The second kappa shape index (κ2) is 3.83. The van der Waals surface area contributed by atoms with Gasteiger partial charge in [-0.3, -0.25) is 0 Å². The topological polar surface area (TPSA) is 15.8 Å². The number of rotatable bonds is 1. The average molecular weight is 308 g/mol. The number of aromatic amines is 1. The summed E-state index contributed by atoms with van der Waals surface area (Å²) in [7, 11) is 0. The average Bonchev–Trinajstić information content (AvgIpc) is 3.00. The van der Waals surface area contributed by atoms with Gasteiger partial charge in [0.2, 0.25) is 0 Å². The molecule has 2 aliphatic carbocycles. The molecule has 1 heterocycles. The Bertz CT molecular complexity index is 618. The Labute approximate surface area is 114 Å². The van der Waals surface area contributed by atoms with Crippen LogP contribution in [0.1, 0.15) is 37.2 Å². The quantitative estimate of drug-likeness (QED) is 0.765. The number of hydrogen-bond acceptors (Lipinski definition) is 0. The van der Waals surface area contributed by atoms with Crippen LogP contribution < -0.4 is 0 Å². The number of benzene rings is 1. The van der Waals surface area contributed by atoms with Crippen molar-refractivity contribution in [2.45, 2.75) is 31.6 Å². The van der Waals surface area contributed by atoms with Gasteiger partial charge in [0.15, 0.2) is 0 Å². The fraction of sp³-hybridized carbons (Fsp3) is 0.467. The van der Waals surface area contributed by atoms with Crippen LogP contribution in [0.2, 0.25) is 0 Å². The van der Waals surface area contributed by atoms with Crippen molar-refractivity contribution >= 4 is 26.8 Å². The molecule has 1 nitrogen and oxygen atoms in total. The van der Waals surface area contributed by atoms with E-state index in [9.17, 15) is 4.39 Å². The van der Waals surface area contributed by atoms with Crippen molar-refractivity contribution in [1.29, 1.82) is 0 Å². The Morgan fingerprint density at radius 1 is 1.22 bits per heavy atom. The standard InChI is InChI=1S/C15H15BrFN/c16-14-6-10(17)5-12-13(7-18-15(12)14)11-4-8-1-2-9(11)3-8/h5-9,11,18H,1-4H2. The molecule has 3 unspecified atom stereocenters. The van der Waals surface area contributed by atoms with E-state index in [2.05, 4.69) is 27.1 Å². The summed E-state index contributed by atoms with van der Waals surface area (Å²) in [6, 6.07) is 3.21. The van der Waals surface area contributed by atoms with Crippen molar-refractivity contribution in [2.24, 2.45) is 11.8 Å². The molecule has 1 aromatic carbocycles. The highest BCUT2D eigenvalue weighted by Crippen LogP contribution is 2.54. The zero-order valence-corrected chi connectivity index (χ0v) is 11.6. The Hall–Kier alpha value is -0.830. The number of H-pyrrole nitrogens is 1. The van der Waals surface area contributed by atoms with Crippen molar-refractivity contribution in [3.05, 3.63) is 34.2 Å². The molecule has 2 aliphatic rings. The molecule has 0 spiro atoms. The van der Waals surface area contributed by atoms with E-state index in [1.165, 1.54) is 37.3 Å². The fourth-order valence-electron chi connectivity index (χ4n) is 4.11. The van der Waals surface area contributed by atoms with Crippen molar-refractivity contribution in [3.63, 3.8) is 0 Å². The van der Waals surface area contributed by atoms with Crippen LogP contribution in [0.15, 0.2) is 22.8 Å². The van der Waals surface area contributed by atoms with Gasteiger partial charge in [-0.05, 0) is 70.6 Å². The van der Waals surface area contributed by atoms with Crippen LogP contribution in [0.3, 0.4) is 0 Å². The molecule has 2 aromatic rings. The lowest BCUT2D eigenvalue weighted by molar-refractivity contribution is 0.422. The number of nitrogens with one attached hydrogen (secondary N) is 1. The molecule has 3 heteroatoms. The molecule has 1 aromatic heterocycles. The first-order chi connectivity index (χ1) is 8.72. The van der Waals surface area contributed by atoms with Crippen LogP contribution >= 0.6 is 15.9 Å². The monoisotopic (exact) mass is 307 g/mol.